The number of benzene rings is 3. The molecule has 0 bridgehead atoms. The molecule has 0 atom stereocenters. The van der Waals surface area contributed by atoms with Crippen LogP contribution < -0.4 is 15.5 Å². The number of hydrogen-bond acceptors (Lipinski definition) is 5. The quantitative estimate of drug-likeness (QED) is 0.215. The van der Waals surface area contributed by atoms with Gasteiger partial charge in [-0.05, 0) is 72.5 Å². The number of anilines is 3. The van der Waals surface area contributed by atoms with Gasteiger partial charge in [0.05, 0.1) is 6.42 Å². The summed E-state index contributed by atoms with van der Waals surface area (Å²) in [5.74, 6) is 0.537. The maximum atomic E-state index is 12.8. The molecule has 0 amide bonds. The maximum Gasteiger partial charge on any atom is 0.393 e. The molecule has 1 saturated heterocycles. The highest BCUT2D eigenvalue weighted by atomic mass is 19.4. The van der Waals surface area contributed by atoms with Gasteiger partial charge in [0.1, 0.15) is 5.82 Å². The van der Waals surface area contributed by atoms with Gasteiger partial charge >= 0.3 is 6.18 Å². The van der Waals surface area contributed by atoms with E-state index in [9.17, 15) is 13.2 Å². The van der Waals surface area contributed by atoms with E-state index in [1.54, 1.807) is 18.3 Å². The summed E-state index contributed by atoms with van der Waals surface area (Å²) in [4.78, 5) is 9.05. The fraction of sp³-hybridized carbons (Fsp3) is 0.306. The summed E-state index contributed by atoms with van der Waals surface area (Å²) in [5.41, 5.74) is 7.31. The van der Waals surface area contributed by atoms with Crippen molar-refractivity contribution in [2.45, 2.75) is 46.8 Å². The molecular weight excluding hydrogens is 559 g/mol. The maximum absolute atomic E-state index is 12.8. The third-order valence-corrected chi connectivity index (χ3v) is 6.93. The first-order chi connectivity index (χ1) is 21.0. The van der Waals surface area contributed by atoms with Gasteiger partial charge in [0.2, 0.25) is 0 Å². The van der Waals surface area contributed by atoms with E-state index in [0.29, 0.717) is 17.9 Å². The van der Waals surface area contributed by atoms with E-state index in [1.165, 1.54) is 6.07 Å². The molecule has 8 heteroatoms. The van der Waals surface area contributed by atoms with E-state index in [4.69, 9.17) is 0 Å². The highest BCUT2D eigenvalue weighted by molar-refractivity contribution is 5.84. The van der Waals surface area contributed by atoms with E-state index < -0.39 is 12.6 Å². The number of allylic oxidation sites excluding steroid dienone is 3. The third-order valence-electron chi connectivity index (χ3n) is 6.93. The van der Waals surface area contributed by atoms with Crippen molar-refractivity contribution in [2.24, 2.45) is 4.99 Å². The van der Waals surface area contributed by atoms with Crippen LogP contribution in [0.25, 0.3) is 5.57 Å². The molecule has 2 N–H and O–H groups in total. The van der Waals surface area contributed by atoms with Gasteiger partial charge in [0, 0.05) is 61.7 Å². The van der Waals surface area contributed by atoms with Crippen molar-refractivity contribution in [3.8, 4) is 0 Å². The monoisotopic (exact) mass is 603 g/mol. The molecule has 1 aliphatic rings. The molecule has 0 aromatic heterocycles. The lowest BCUT2D eigenvalue weighted by Crippen LogP contribution is -2.46. The molecular formula is C36H44F3N5. The Morgan fingerprint density at radius 2 is 1.50 bits per heavy atom. The summed E-state index contributed by atoms with van der Waals surface area (Å²) < 4.78 is 38.3. The zero-order valence-electron chi connectivity index (χ0n) is 26.2. The minimum Gasteiger partial charge on any atom is -0.369 e. The van der Waals surface area contributed by atoms with Crippen LogP contribution in [-0.4, -0.2) is 43.5 Å². The van der Waals surface area contributed by atoms with Crippen LogP contribution in [0.15, 0.2) is 109 Å². The van der Waals surface area contributed by atoms with Crippen molar-refractivity contribution in [1.82, 2.24) is 4.90 Å². The van der Waals surface area contributed by atoms with Gasteiger partial charge in [0.15, 0.2) is 0 Å². The molecule has 3 aromatic carbocycles. The Labute approximate surface area is 260 Å². The van der Waals surface area contributed by atoms with Gasteiger partial charge in [0.25, 0.3) is 0 Å². The molecule has 4 rings (SSSR count). The van der Waals surface area contributed by atoms with Crippen LogP contribution in [-0.2, 0) is 13.0 Å². The van der Waals surface area contributed by atoms with Crippen LogP contribution in [0.1, 0.15) is 44.4 Å². The molecule has 0 saturated carbocycles. The van der Waals surface area contributed by atoms with E-state index >= 15 is 0 Å². The second-order valence-corrected chi connectivity index (χ2v) is 10.6. The van der Waals surface area contributed by atoms with Crippen LogP contribution in [0.5, 0.6) is 0 Å². The van der Waals surface area contributed by atoms with E-state index in [2.05, 4.69) is 62.8 Å². The Kier molecular flexibility index (Phi) is 12.8. The average molecular weight is 604 g/mol. The lowest BCUT2D eigenvalue weighted by atomic mass is 10.1. The fourth-order valence-electron chi connectivity index (χ4n) is 4.87. The Morgan fingerprint density at radius 1 is 0.841 bits per heavy atom. The fourth-order valence-corrected chi connectivity index (χ4v) is 4.87. The highest BCUT2D eigenvalue weighted by Gasteiger charge is 2.27. The Hall–Kier alpha value is -4.30. The lowest BCUT2D eigenvalue weighted by molar-refractivity contribution is -0.127. The van der Waals surface area contributed by atoms with Gasteiger partial charge in [-0.15, -0.1) is 0 Å². The van der Waals surface area contributed by atoms with Crippen molar-refractivity contribution in [3.63, 3.8) is 0 Å². The van der Waals surface area contributed by atoms with Crippen LogP contribution in [0.2, 0.25) is 0 Å². The number of piperazine rings is 1. The van der Waals surface area contributed by atoms with E-state index in [-0.39, 0.29) is 0 Å². The van der Waals surface area contributed by atoms with Crippen LogP contribution in [0.4, 0.5) is 30.2 Å². The number of alkyl halides is 3. The van der Waals surface area contributed by atoms with Crippen molar-refractivity contribution in [1.29, 1.82) is 0 Å². The second-order valence-electron chi connectivity index (χ2n) is 10.6. The van der Waals surface area contributed by atoms with Crippen molar-refractivity contribution >= 4 is 28.8 Å². The topological polar surface area (TPSA) is 42.9 Å². The summed E-state index contributed by atoms with van der Waals surface area (Å²) in [6.45, 7) is 19.8. The normalized spacial score (nSPS) is 14.2. The average Bonchev–Trinajstić information content (AvgIpc) is 2.98. The van der Waals surface area contributed by atoms with Gasteiger partial charge in [-0.25, -0.2) is 4.99 Å². The predicted molar refractivity (Wildman–Crippen MR) is 181 cm³/mol. The molecule has 1 heterocycles. The summed E-state index contributed by atoms with van der Waals surface area (Å²) in [6.07, 6.45) is -1.39. The zero-order chi connectivity index (χ0) is 32.1. The number of aliphatic imine (C=N–C) groups is 1. The largest absolute Gasteiger partial charge is 0.393 e. The predicted octanol–water partition coefficient (Wildman–Crippen LogP) is 9.14. The SMILES string of the molecule is C=C(C)Nc1ccc(/C(C)=C/C=N\C(=C)Nc2cccc(N3CCN(Cc4cccc(CC(F)(F)F)c4)CC3)c2)cc1.CC. The van der Waals surface area contributed by atoms with E-state index in [0.717, 1.165) is 65.6 Å². The molecule has 0 aliphatic carbocycles. The number of nitrogens with one attached hydrogen (secondary N) is 2. The number of hydrogen-bond donors (Lipinski definition) is 2. The second kappa shape index (κ2) is 16.5. The van der Waals surface area contributed by atoms with E-state index in [1.807, 2.05) is 64.1 Å². The Morgan fingerprint density at radius 3 is 2.16 bits per heavy atom. The number of rotatable bonds is 11. The number of halogens is 3. The van der Waals surface area contributed by atoms with Crippen molar-refractivity contribution < 1.29 is 13.2 Å². The smallest absolute Gasteiger partial charge is 0.369 e. The summed E-state index contributed by atoms with van der Waals surface area (Å²) in [7, 11) is 0. The van der Waals surface area contributed by atoms with Crippen LogP contribution in [0.3, 0.4) is 0 Å². The number of nitrogens with zero attached hydrogens (tertiary/aromatic N) is 3. The van der Waals surface area contributed by atoms with Crippen molar-refractivity contribution in [3.05, 3.63) is 120 Å². The summed E-state index contributed by atoms with van der Waals surface area (Å²) >= 11 is 0. The first-order valence-electron chi connectivity index (χ1n) is 15.0. The first-order valence-corrected chi connectivity index (χ1v) is 15.0. The zero-order valence-corrected chi connectivity index (χ0v) is 26.2. The standard InChI is InChI=1S/C34H38F3N5.C2H6/c1-25(2)39-31-13-11-30(12-14-31)26(3)15-16-38-27(4)40-32-9-6-10-33(22-32)42-19-17-41(18-20-42)24-29-8-5-7-28(21-29)23-34(35,36)37;1-2/h5-16,21-22,39-40H,1,4,17-20,23-24H2,2-3H3;1-2H3/b26-15+,38-16-;. The molecule has 3 aromatic rings. The molecule has 5 nitrogen and oxygen atoms in total. The minimum atomic E-state index is -4.20. The summed E-state index contributed by atoms with van der Waals surface area (Å²) in [6, 6.07) is 23.1. The summed E-state index contributed by atoms with van der Waals surface area (Å²) in [5, 5.41) is 6.47. The molecule has 0 spiro atoms. The van der Waals surface area contributed by atoms with Crippen LogP contribution >= 0.6 is 0 Å². The molecule has 0 unspecified atom stereocenters. The first kappa shape index (κ1) is 34.2. The Balaban J connectivity index is 0.00000259. The molecule has 1 aliphatic heterocycles. The molecule has 0 radical (unpaired) electrons. The van der Waals surface area contributed by atoms with Gasteiger partial charge in [-0.1, -0.05) is 69.5 Å². The molecule has 44 heavy (non-hydrogen) atoms. The Bertz CT molecular complexity index is 1430. The molecule has 234 valence electrons. The third kappa shape index (κ3) is 11.4. The van der Waals surface area contributed by atoms with Gasteiger partial charge in [-0.2, -0.15) is 13.2 Å². The van der Waals surface area contributed by atoms with Gasteiger partial charge < -0.3 is 15.5 Å². The van der Waals surface area contributed by atoms with Crippen LogP contribution in [0, 0.1) is 0 Å². The van der Waals surface area contributed by atoms with Crippen molar-refractivity contribution in [2.75, 3.05) is 41.7 Å². The highest BCUT2D eigenvalue weighted by Crippen LogP contribution is 2.24. The van der Waals surface area contributed by atoms with Gasteiger partial charge in [-0.3, -0.25) is 4.90 Å². The minimum absolute atomic E-state index is 0.307. The lowest BCUT2D eigenvalue weighted by Gasteiger charge is -2.36. The molecule has 1 fully saturated rings.